The highest BCUT2D eigenvalue weighted by atomic mass is 14.3. The Bertz CT molecular complexity index is 136. The van der Waals surface area contributed by atoms with Crippen molar-refractivity contribution in [2.45, 2.75) is 90.9 Å². The zero-order valence-electron chi connectivity index (χ0n) is 11.0. The van der Waals surface area contributed by atoms with E-state index in [9.17, 15) is 0 Å². The first-order valence-corrected chi connectivity index (χ1v) is 7.27. The number of hydrogen-bond donors (Lipinski definition) is 0. The maximum absolute atomic E-state index is 2.54. The Hall–Kier alpha value is 0. The standard InChI is InChI=1S/C15H30/c1-3-12-15(2)13-10-8-6-4-5-7-9-11-14-15/h3-14H2,1-2H3. The lowest BCUT2D eigenvalue weighted by atomic mass is 9.76. The second-order valence-corrected chi connectivity index (χ2v) is 5.89. The van der Waals surface area contributed by atoms with Gasteiger partial charge in [-0.15, -0.1) is 0 Å². The predicted octanol–water partition coefficient (Wildman–Crippen LogP) is 5.71. The molecule has 0 radical (unpaired) electrons. The van der Waals surface area contributed by atoms with Crippen LogP contribution < -0.4 is 0 Å². The van der Waals surface area contributed by atoms with Crippen LogP contribution in [0.5, 0.6) is 0 Å². The van der Waals surface area contributed by atoms with Crippen LogP contribution >= 0.6 is 0 Å². The number of hydrogen-bond acceptors (Lipinski definition) is 0. The zero-order valence-corrected chi connectivity index (χ0v) is 11.0. The van der Waals surface area contributed by atoms with Gasteiger partial charge in [-0.2, -0.15) is 0 Å². The van der Waals surface area contributed by atoms with Crippen molar-refractivity contribution < 1.29 is 0 Å². The van der Waals surface area contributed by atoms with Crippen LogP contribution in [0, 0.1) is 5.41 Å². The van der Waals surface area contributed by atoms with Gasteiger partial charge in [0, 0.05) is 0 Å². The Morgan fingerprint density at radius 2 is 1.13 bits per heavy atom. The largest absolute Gasteiger partial charge is 0.0654 e. The maximum Gasteiger partial charge on any atom is -0.0326 e. The molecular formula is C15H30. The number of rotatable bonds is 2. The van der Waals surface area contributed by atoms with E-state index in [-0.39, 0.29) is 0 Å². The van der Waals surface area contributed by atoms with E-state index >= 15 is 0 Å². The van der Waals surface area contributed by atoms with E-state index < -0.39 is 0 Å². The van der Waals surface area contributed by atoms with E-state index in [2.05, 4.69) is 13.8 Å². The van der Waals surface area contributed by atoms with Crippen LogP contribution in [0.2, 0.25) is 0 Å². The second kappa shape index (κ2) is 7.30. The summed E-state index contributed by atoms with van der Waals surface area (Å²) in [6.07, 6.45) is 17.7. The smallest absolute Gasteiger partial charge is 0.0326 e. The van der Waals surface area contributed by atoms with Crippen molar-refractivity contribution in [2.75, 3.05) is 0 Å². The minimum Gasteiger partial charge on any atom is -0.0654 e. The van der Waals surface area contributed by atoms with Gasteiger partial charge in [0.2, 0.25) is 0 Å². The molecule has 0 aliphatic heterocycles. The van der Waals surface area contributed by atoms with Gasteiger partial charge >= 0.3 is 0 Å². The van der Waals surface area contributed by atoms with Gasteiger partial charge in [-0.1, -0.05) is 71.6 Å². The van der Waals surface area contributed by atoms with Crippen LogP contribution in [0.25, 0.3) is 0 Å². The van der Waals surface area contributed by atoms with Gasteiger partial charge < -0.3 is 0 Å². The Balaban J connectivity index is 2.37. The van der Waals surface area contributed by atoms with Gasteiger partial charge in [-0.05, 0) is 24.7 Å². The van der Waals surface area contributed by atoms with Gasteiger partial charge in [0.25, 0.3) is 0 Å². The average molecular weight is 210 g/mol. The van der Waals surface area contributed by atoms with E-state index in [4.69, 9.17) is 0 Å². The van der Waals surface area contributed by atoms with Gasteiger partial charge in [0.05, 0.1) is 0 Å². The SMILES string of the molecule is CCCC1(C)CCCCCCCCCC1. The molecule has 1 saturated carbocycles. The molecule has 0 bridgehead atoms. The Labute approximate surface area is 96.8 Å². The van der Waals surface area contributed by atoms with Crippen molar-refractivity contribution >= 4 is 0 Å². The van der Waals surface area contributed by atoms with Gasteiger partial charge in [-0.3, -0.25) is 0 Å². The second-order valence-electron chi connectivity index (χ2n) is 5.89. The monoisotopic (exact) mass is 210 g/mol. The fourth-order valence-corrected chi connectivity index (χ4v) is 3.14. The molecule has 0 heterocycles. The first-order valence-electron chi connectivity index (χ1n) is 7.27. The minimum absolute atomic E-state index is 0.680. The average Bonchev–Trinajstić information content (AvgIpc) is 2.24. The maximum atomic E-state index is 2.54. The van der Waals surface area contributed by atoms with E-state index in [0.717, 1.165) is 0 Å². The molecule has 0 saturated heterocycles. The third-order valence-corrected chi connectivity index (χ3v) is 4.16. The molecular weight excluding hydrogens is 180 g/mol. The summed E-state index contributed by atoms with van der Waals surface area (Å²) in [7, 11) is 0. The molecule has 0 amide bonds. The fourth-order valence-electron chi connectivity index (χ4n) is 3.14. The Morgan fingerprint density at radius 3 is 1.53 bits per heavy atom. The lowest BCUT2D eigenvalue weighted by Gasteiger charge is -2.29. The lowest BCUT2D eigenvalue weighted by molar-refractivity contribution is 0.231. The molecule has 0 N–H and O–H groups in total. The summed E-state index contributed by atoms with van der Waals surface area (Å²) in [6, 6.07) is 0. The Morgan fingerprint density at radius 1 is 0.733 bits per heavy atom. The van der Waals surface area contributed by atoms with Crippen LogP contribution in [0.3, 0.4) is 0 Å². The van der Waals surface area contributed by atoms with Gasteiger partial charge in [-0.25, -0.2) is 0 Å². The topological polar surface area (TPSA) is 0 Å². The van der Waals surface area contributed by atoms with Gasteiger partial charge in [0.15, 0.2) is 0 Å². The van der Waals surface area contributed by atoms with Crippen LogP contribution in [0.4, 0.5) is 0 Å². The molecule has 15 heavy (non-hydrogen) atoms. The molecule has 0 unspecified atom stereocenters. The highest BCUT2D eigenvalue weighted by molar-refractivity contribution is 4.74. The molecule has 0 heteroatoms. The third kappa shape index (κ3) is 5.58. The quantitative estimate of drug-likeness (QED) is 0.548. The van der Waals surface area contributed by atoms with Crippen LogP contribution in [-0.2, 0) is 0 Å². The summed E-state index contributed by atoms with van der Waals surface area (Å²) in [5.41, 5.74) is 0.680. The minimum atomic E-state index is 0.680. The molecule has 1 aliphatic carbocycles. The molecule has 0 aromatic rings. The fraction of sp³-hybridized carbons (Fsp3) is 1.00. The molecule has 0 nitrogen and oxygen atoms in total. The molecule has 90 valence electrons. The van der Waals surface area contributed by atoms with Crippen molar-refractivity contribution in [1.29, 1.82) is 0 Å². The zero-order chi connectivity index (χ0) is 11.0. The van der Waals surface area contributed by atoms with E-state index in [0.29, 0.717) is 5.41 Å². The van der Waals surface area contributed by atoms with Crippen molar-refractivity contribution in [2.24, 2.45) is 5.41 Å². The van der Waals surface area contributed by atoms with E-state index in [1.807, 2.05) is 0 Å². The lowest BCUT2D eigenvalue weighted by Crippen LogP contribution is -2.16. The predicted molar refractivity (Wildman–Crippen MR) is 69.2 cm³/mol. The first kappa shape index (κ1) is 13.1. The summed E-state index contributed by atoms with van der Waals surface area (Å²) in [6.45, 7) is 4.88. The van der Waals surface area contributed by atoms with Crippen LogP contribution in [-0.4, -0.2) is 0 Å². The van der Waals surface area contributed by atoms with Crippen molar-refractivity contribution in [3.05, 3.63) is 0 Å². The van der Waals surface area contributed by atoms with Crippen molar-refractivity contribution in [3.8, 4) is 0 Å². The van der Waals surface area contributed by atoms with Crippen molar-refractivity contribution in [3.63, 3.8) is 0 Å². The van der Waals surface area contributed by atoms with Crippen LogP contribution in [0.1, 0.15) is 90.9 Å². The molecule has 1 aliphatic rings. The molecule has 1 rings (SSSR count). The summed E-state index contributed by atoms with van der Waals surface area (Å²) in [4.78, 5) is 0. The highest BCUT2D eigenvalue weighted by Gasteiger charge is 2.22. The molecule has 1 fully saturated rings. The summed E-state index contributed by atoms with van der Waals surface area (Å²) >= 11 is 0. The summed E-state index contributed by atoms with van der Waals surface area (Å²) in [5.74, 6) is 0. The normalized spacial score (nSPS) is 24.4. The molecule has 0 atom stereocenters. The third-order valence-electron chi connectivity index (χ3n) is 4.16. The van der Waals surface area contributed by atoms with Gasteiger partial charge in [0.1, 0.15) is 0 Å². The van der Waals surface area contributed by atoms with Crippen molar-refractivity contribution in [1.82, 2.24) is 0 Å². The Kier molecular flexibility index (Phi) is 6.36. The van der Waals surface area contributed by atoms with E-state index in [1.54, 1.807) is 0 Å². The highest BCUT2D eigenvalue weighted by Crippen LogP contribution is 2.36. The molecule has 0 spiro atoms. The summed E-state index contributed by atoms with van der Waals surface area (Å²) < 4.78 is 0. The first-order chi connectivity index (χ1) is 7.27. The molecule has 0 aromatic heterocycles. The summed E-state index contributed by atoms with van der Waals surface area (Å²) in [5, 5.41) is 0. The van der Waals surface area contributed by atoms with E-state index in [1.165, 1.54) is 77.0 Å². The molecule has 0 aromatic carbocycles. The van der Waals surface area contributed by atoms with Crippen LogP contribution in [0.15, 0.2) is 0 Å².